The first-order valence-corrected chi connectivity index (χ1v) is 8.49. The molecule has 0 unspecified atom stereocenters. The lowest BCUT2D eigenvalue weighted by Gasteiger charge is -2.35. The van der Waals surface area contributed by atoms with E-state index in [4.69, 9.17) is 0 Å². The molecule has 3 rings (SSSR count). The van der Waals surface area contributed by atoms with Crippen LogP contribution in [0.3, 0.4) is 0 Å². The smallest absolute Gasteiger partial charge is 0.363 e. The molecular weight excluding hydrogens is 310 g/mol. The number of hydrogen-bond donors (Lipinski definition) is 1. The molecular formula is C16H23N5O3. The van der Waals surface area contributed by atoms with Gasteiger partial charge in [-0.2, -0.15) is 0 Å². The zero-order valence-electron chi connectivity index (χ0n) is 13.7. The Labute approximate surface area is 141 Å². The number of aromatic nitrogens is 1. The molecule has 0 radical (unpaired) electrons. The monoisotopic (exact) mass is 333 g/mol. The SMILES string of the molecule is O=C(CN1CCN(c2ccc([N+](=O)[O-])nc2)CC1)NC1CCCC1. The highest BCUT2D eigenvalue weighted by Gasteiger charge is 2.22. The third-order valence-electron chi connectivity index (χ3n) is 4.74. The molecule has 2 heterocycles. The summed E-state index contributed by atoms with van der Waals surface area (Å²) in [6.07, 6.45) is 6.18. The Bertz CT molecular complexity index is 578. The summed E-state index contributed by atoms with van der Waals surface area (Å²) in [6.45, 7) is 3.62. The number of amides is 1. The minimum absolute atomic E-state index is 0.118. The molecule has 8 nitrogen and oxygen atoms in total. The Balaban J connectivity index is 1.45. The van der Waals surface area contributed by atoms with Gasteiger partial charge in [-0.25, -0.2) is 0 Å². The van der Waals surface area contributed by atoms with E-state index in [1.165, 1.54) is 18.9 Å². The molecule has 2 aliphatic rings. The molecule has 0 spiro atoms. The van der Waals surface area contributed by atoms with Gasteiger partial charge in [0.2, 0.25) is 5.91 Å². The van der Waals surface area contributed by atoms with Crippen LogP contribution < -0.4 is 10.2 Å². The molecule has 1 aliphatic carbocycles. The highest BCUT2D eigenvalue weighted by atomic mass is 16.6. The van der Waals surface area contributed by atoms with Crippen molar-refractivity contribution in [2.45, 2.75) is 31.7 Å². The molecule has 0 bridgehead atoms. The van der Waals surface area contributed by atoms with Crippen LogP contribution >= 0.6 is 0 Å². The fourth-order valence-electron chi connectivity index (χ4n) is 3.38. The predicted molar refractivity (Wildman–Crippen MR) is 89.9 cm³/mol. The van der Waals surface area contributed by atoms with E-state index in [1.807, 2.05) is 0 Å². The molecule has 0 aromatic carbocycles. The number of anilines is 1. The topological polar surface area (TPSA) is 91.6 Å². The second-order valence-electron chi connectivity index (χ2n) is 6.44. The van der Waals surface area contributed by atoms with Crippen LogP contribution in [0.15, 0.2) is 18.3 Å². The third kappa shape index (κ3) is 4.19. The largest absolute Gasteiger partial charge is 0.366 e. The second-order valence-corrected chi connectivity index (χ2v) is 6.44. The van der Waals surface area contributed by atoms with Crippen molar-refractivity contribution in [2.75, 3.05) is 37.6 Å². The van der Waals surface area contributed by atoms with Gasteiger partial charge in [-0.05, 0) is 28.8 Å². The second kappa shape index (κ2) is 7.57. The summed E-state index contributed by atoms with van der Waals surface area (Å²) >= 11 is 0. The summed E-state index contributed by atoms with van der Waals surface area (Å²) < 4.78 is 0. The van der Waals surface area contributed by atoms with E-state index in [-0.39, 0.29) is 11.7 Å². The Kier molecular flexibility index (Phi) is 5.24. The summed E-state index contributed by atoms with van der Waals surface area (Å²) in [6, 6.07) is 3.52. The highest BCUT2D eigenvalue weighted by Crippen LogP contribution is 2.19. The fourth-order valence-corrected chi connectivity index (χ4v) is 3.38. The van der Waals surface area contributed by atoms with Gasteiger partial charge in [-0.3, -0.25) is 9.69 Å². The molecule has 8 heteroatoms. The van der Waals surface area contributed by atoms with Crippen molar-refractivity contribution < 1.29 is 9.72 Å². The maximum atomic E-state index is 12.1. The maximum absolute atomic E-state index is 12.1. The summed E-state index contributed by atoms with van der Waals surface area (Å²) in [7, 11) is 0. The molecule has 1 amide bonds. The number of hydrogen-bond acceptors (Lipinski definition) is 6. The average molecular weight is 333 g/mol. The van der Waals surface area contributed by atoms with Crippen molar-refractivity contribution in [1.29, 1.82) is 0 Å². The standard InChI is InChI=1S/C16H23N5O3/c22-16(18-13-3-1-2-4-13)12-19-7-9-20(10-8-19)14-5-6-15(17-11-14)21(23)24/h5-6,11,13H,1-4,7-10,12H2,(H,18,22). The Morgan fingerprint density at radius 1 is 1.25 bits per heavy atom. The number of pyridine rings is 1. The van der Waals surface area contributed by atoms with Crippen molar-refractivity contribution in [2.24, 2.45) is 0 Å². The van der Waals surface area contributed by atoms with Gasteiger partial charge in [0.05, 0.1) is 12.2 Å². The van der Waals surface area contributed by atoms with Gasteiger partial charge in [-0.1, -0.05) is 12.8 Å². The van der Waals surface area contributed by atoms with E-state index in [0.29, 0.717) is 12.6 Å². The molecule has 2 fully saturated rings. The predicted octanol–water partition coefficient (Wildman–Crippen LogP) is 1.17. The van der Waals surface area contributed by atoms with Crippen molar-refractivity contribution in [3.63, 3.8) is 0 Å². The van der Waals surface area contributed by atoms with E-state index in [1.54, 1.807) is 12.3 Å². The van der Waals surface area contributed by atoms with E-state index in [9.17, 15) is 14.9 Å². The molecule has 0 atom stereocenters. The van der Waals surface area contributed by atoms with E-state index in [2.05, 4.69) is 20.1 Å². The first-order valence-electron chi connectivity index (χ1n) is 8.49. The van der Waals surface area contributed by atoms with Gasteiger partial charge < -0.3 is 20.3 Å². The number of carbonyl (C=O) groups is 1. The fraction of sp³-hybridized carbons (Fsp3) is 0.625. The minimum atomic E-state index is -0.495. The first kappa shape index (κ1) is 16.6. The number of rotatable bonds is 5. The molecule has 1 N–H and O–H groups in total. The van der Waals surface area contributed by atoms with Gasteiger partial charge in [0, 0.05) is 38.3 Å². The van der Waals surface area contributed by atoms with Gasteiger partial charge in [0.15, 0.2) is 6.20 Å². The van der Waals surface area contributed by atoms with Crippen LogP contribution in [0.1, 0.15) is 25.7 Å². The third-order valence-corrected chi connectivity index (χ3v) is 4.74. The van der Waals surface area contributed by atoms with Crippen LogP contribution in [-0.4, -0.2) is 59.5 Å². The lowest BCUT2D eigenvalue weighted by Crippen LogP contribution is -2.50. The zero-order valence-corrected chi connectivity index (χ0v) is 13.7. The molecule has 24 heavy (non-hydrogen) atoms. The Morgan fingerprint density at radius 2 is 1.96 bits per heavy atom. The van der Waals surface area contributed by atoms with Crippen LogP contribution in [0.5, 0.6) is 0 Å². The minimum Gasteiger partial charge on any atom is -0.366 e. The molecule has 1 saturated carbocycles. The summed E-state index contributed by atoms with van der Waals surface area (Å²) in [5.74, 6) is -0.0201. The number of nitrogens with zero attached hydrogens (tertiary/aromatic N) is 4. The lowest BCUT2D eigenvalue weighted by atomic mass is 10.2. The van der Waals surface area contributed by atoms with Gasteiger partial charge in [-0.15, -0.1) is 0 Å². The number of nitro groups is 1. The molecule has 1 aliphatic heterocycles. The van der Waals surface area contributed by atoms with Gasteiger partial charge >= 0.3 is 5.82 Å². The van der Waals surface area contributed by atoms with Crippen molar-refractivity contribution in [1.82, 2.24) is 15.2 Å². The van der Waals surface area contributed by atoms with Crippen LogP contribution in [0.25, 0.3) is 0 Å². The number of piperazine rings is 1. The van der Waals surface area contributed by atoms with Crippen molar-refractivity contribution in [3.8, 4) is 0 Å². The summed E-state index contributed by atoms with van der Waals surface area (Å²) in [4.78, 5) is 30.4. The highest BCUT2D eigenvalue weighted by molar-refractivity contribution is 5.78. The van der Waals surface area contributed by atoms with E-state index in [0.717, 1.165) is 44.7 Å². The summed E-state index contributed by atoms with van der Waals surface area (Å²) in [5, 5.41) is 13.8. The Morgan fingerprint density at radius 3 is 2.54 bits per heavy atom. The van der Waals surface area contributed by atoms with Crippen molar-refractivity contribution >= 4 is 17.4 Å². The van der Waals surface area contributed by atoms with Crippen LogP contribution in [0, 0.1) is 10.1 Å². The van der Waals surface area contributed by atoms with E-state index < -0.39 is 4.92 Å². The van der Waals surface area contributed by atoms with Crippen LogP contribution in [-0.2, 0) is 4.79 Å². The van der Waals surface area contributed by atoms with Crippen molar-refractivity contribution in [3.05, 3.63) is 28.4 Å². The first-order chi connectivity index (χ1) is 11.6. The van der Waals surface area contributed by atoms with Crippen LogP contribution in [0.2, 0.25) is 0 Å². The van der Waals surface area contributed by atoms with E-state index >= 15 is 0 Å². The molecule has 1 aromatic heterocycles. The van der Waals surface area contributed by atoms with Gasteiger partial charge in [0.1, 0.15) is 0 Å². The number of nitrogens with one attached hydrogen (secondary N) is 1. The number of carbonyl (C=O) groups excluding carboxylic acids is 1. The van der Waals surface area contributed by atoms with Crippen LogP contribution in [0.4, 0.5) is 11.5 Å². The molecule has 1 aromatic rings. The molecule has 130 valence electrons. The maximum Gasteiger partial charge on any atom is 0.363 e. The average Bonchev–Trinajstić information content (AvgIpc) is 3.08. The quantitative estimate of drug-likeness (QED) is 0.642. The van der Waals surface area contributed by atoms with Gasteiger partial charge in [0.25, 0.3) is 0 Å². The molecule has 1 saturated heterocycles. The Hall–Kier alpha value is -2.22. The normalized spacial score (nSPS) is 19.4. The summed E-state index contributed by atoms with van der Waals surface area (Å²) in [5.41, 5.74) is 0.885. The zero-order chi connectivity index (χ0) is 16.9. The lowest BCUT2D eigenvalue weighted by molar-refractivity contribution is -0.389.